The minimum atomic E-state index is -4.50. The summed E-state index contributed by atoms with van der Waals surface area (Å²) >= 11 is 0. The zero-order chi connectivity index (χ0) is 20.0. The fourth-order valence-electron chi connectivity index (χ4n) is 2.11. The highest BCUT2D eigenvalue weighted by Crippen LogP contribution is 2.30. The summed E-state index contributed by atoms with van der Waals surface area (Å²) in [6, 6.07) is 8.23. The van der Waals surface area contributed by atoms with Crippen LogP contribution in [0.15, 0.2) is 42.5 Å². The number of rotatable bonds is 6. The van der Waals surface area contributed by atoms with Gasteiger partial charge in [0.25, 0.3) is 5.91 Å². The topological polar surface area (TPSA) is 73.9 Å². The molecule has 0 fully saturated rings. The van der Waals surface area contributed by atoms with Crippen molar-refractivity contribution in [3.63, 3.8) is 0 Å². The van der Waals surface area contributed by atoms with Gasteiger partial charge in [-0.15, -0.1) is 0 Å². The van der Waals surface area contributed by atoms with E-state index in [1.54, 1.807) is 12.1 Å². The quantitative estimate of drug-likeness (QED) is 0.773. The molecule has 0 radical (unpaired) electrons. The molecule has 2 aromatic carbocycles. The molecule has 1 amide bonds. The van der Waals surface area contributed by atoms with E-state index in [1.165, 1.54) is 20.3 Å². The van der Waals surface area contributed by atoms with Gasteiger partial charge in [0.15, 0.2) is 6.61 Å². The van der Waals surface area contributed by atoms with Gasteiger partial charge in [-0.05, 0) is 36.4 Å². The first kappa shape index (κ1) is 20.1. The molecule has 6 nitrogen and oxygen atoms in total. The van der Waals surface area contributed by atoms with Crippen LogP contribution in [0.3, 0.4) is 0 Å². The van der Waals surface area contributed by atoms with Crippen LogP contribution in [0.4, 0.5) is 18.9 Å². The number of anilines is 1. The summed E-state index contributed by atoms with van der Waals surface area (Å²) in [6.45, 7) is -0.625. The van der Waals surface area contributed by atoms with Crippen molar-refractivity contribution in [1.82, 2.24) is 0 Å². The summed E-state index contributed by atoms with van der Waals surface area (Å²) in [4.78, 5) is 23.8. The van der Waals surface area contributed by atoms with E-state index in [0.29, 0.717) is 17.2 Å². The smallest absolute Gasteiger partial charge is 0.416 e. The predicted molar refractivity (Wildman–Crippen MR) is 89.9 cm³/mol. The van der Waals surface area contributed by atoms with Gasteiger partial charge in [0.05, 0.1) is 31.0 Å². The summed E-state index contributed by atoms with van der Waals surface area (Å²) in [5.41, 5.74) is -0.677. The Balaban J connectivity index is 1.96. The number of carbonyl (C=O) groups excluding carboxylic acids is 2. The van der Waals surface area contributed by atoms with Gasteiger partial charge in [0.2, 0.25) is 0 Å². The van der Waals surface area contributed by atoms with E-state index in [-0.39, 0.29) is 5.56 Å². The van der Waals surface area contributed by atoms with E-state index >= 15 is 0 Å². The maximum Gasteiger partial charge on any atom is 0.416 e. The molecule has 0 bridgehead atoms. The van der Waals surface area contributed by atoms with E-state index in [0.717, 1.165) is 24.3 Å². The lowest BCUT2D eigenvalue weighted by molar-refractivity contribution is -0.137. The Kier molecular flexibility index (Phi) is 6.27. The monoisotopic (exact) mass is 383 g/mol. The maximum atomic E-state index is 12.5. The Labute approximate surface area is 152 Å². The van der Waals surface area contributed by atoms with Crippen molar-refractivity contribution in [3.05, 3.63) is 53.6 Å². The number of alkyl halides is 3. The lowest BCUT2D eigenvalue weighted by atomic mass is 10.1. The Hall–Kier alpha value is -3.23. The van der Waals surface area contributed by atoms with Crippen molar-refractivity contribution < 1.29 is 37.0 Å². The Morgan fingerprint density at radius 3 is 2.22 bits per heavy atom. The standard InChI is InChI=1S/C18H16F3NO5/c1-25-13-7-8-15(26-2)14(9-13)22-16(23)10-27-17(24)11-3-5-12(6-4-11)18(19,20)21/h3-9H,10H2,1-2H3,(H,22,23). The Bertz CT molecular complexity index is 819. The molecule has 0 saturated heterocycles. The van der Waals surface area contributed by atoms with Gasteiger partial charge in [0, 0.05) is 6.07 Å². The maximum absolute atomic E-state index is 12.5. The molecule has 0 aliphatic carbocycles. The molecule has 0 atom stereocenters. The molecule has 27 heavy (non-hydrogen) atoms. The van der Waals surface area contributed by atoms with Gasteiger partial charge in [-0.3, -0.25) is 4.79 Å². The van der Waals surface area contributed by atoms with Crippen molar-refractivity contribution >= 4 is 17.6 Å². The molecule has 0 aromatic heterocycles. The Morgan fingerprint density at radius 1 is 1.00 bits per heavy atom. The van der Waals surface area contributed by atoms with Crippen LogP contribution in [0.25, 0.3) is 0 Å². The average molecular weight is 383 g/mol. The second-order valence-corrected chi connectivity index (χ2v) is 5.27. The van der Waals surface area contributed by atoms with E-state index in [4.69, 9.17) is 14.2 Å². The highest BCUT2D eigenvalue weighted by molar-refractivity contribution is 5.96. The van der Waals surface area contributed by atoms with Crippen molar-refractivity contribution in [1.29, 1.82) is 0 Å². The third-order valence-corrected chi connectivity index (χ3v) is 3.46. The largest absolute Gasteiger partial charge is 0.497 e. The number of esters is 1. The lowest BCUT2D eigenvalue weighted by Gasteiger charge is -2.12. The van der Waals surface area contributed by atoms with Gasteiger partial charge in [-0.2, -0.15) is 13.2 Å². The molecule has 0 unspecified atom stereocenters. The molecular weight excluding hydrogens is 367 g/mol. The van der Waals surface area contributed by atoms with Crippen LogP contribution in [0.5, 0.6) is 11.5 Å². The van der Waals surface area contributed by atoms with E-state index in [1.807, 2.05) is 0 Å². The number of nitrogens with one attached hydrogen (secondary N) is 1. The molecule has 0 spiro atoms. The van der Waals surface area contributed by atoms with Gasteiger partial charge in [-0.1, -0.05) is 0 Å². The molecule has 0 saturated carbocycles. The minimum absolute atomic E-state index is 0.102. The minimum Gasteiger partial charge on any atom is -0.497 e. The van der Waals surface area contributed by atoms with Crippen molar-refractivity contribution in [2.75, 3.05) is 26.1 Å². The normalized spacial score (nSPS) is 10.9. The van der Waals surface area contributed by atoms with Crippen molar-refractivity contribution in [2.45, 2.75) is 6.18 Å². The van der Waals surface area contributed by atoms with Crippen LogP contribution in [0.1, 0.15) is 15.9 Å². The molecule has 0 heterocycles. The molecular formula is C18H16F3NO5. The summed E-state index contributed by atoms with van der Waals surface area (Å²) in [6.07, 6.45) is -4.50. The molecule has 2 aromatic rings. The summed E-state index contributed by atoms with van der Waals surface area (Å²) in [5.74, 6) is -0.718. The molecule has 9 heteroatoms. The fourth-order valence-corrected chi connectivity index (χ4v) is 2.11. The van der Waals surface area contributed by atoms with Crippen LogP contribution in [-0.2, 0) is 15.7 Å². The number of hydrogen-bond donors (Lipinski definition) is 1. The van der Waals surface area contributed by atoms with Crippen molar-refractivity contribution in [3.8, 4) is 11.5 Å². The number of ether oxygens (including phenoxy) is 3. The third kappa shape index (κ3) is 5.37. The highest BCUT2D eigenvalue weighted by atomic mass is 19.4. The number of halogens is 3. The number of carbonyl (C=O) groups is 2. The first-order chi connectivity index (χ1) is 12.7. The zero-order valence-electron chi connectivity index (χ0n) is 14.4. The number of methoxy groups -OCH3 is 2. The molecule has 0 aliphatic heterocycles. The zero-order valence-corrected chi connectivity index (χ0v) is 14.4. The fraction of sp³-hybridized carbons (Fsp3) is 0.222. The molecule has 0 aliphatic rings. The lowest BCUT2D eigenvalue weighted by Crippen LogP contribution is -2.21. The first-order valence-electron chi connectivity index (χ1n) is 7.61. The van der Waals surface area contributed by atoms with E-state index in [9.17, 15) is 22.8 Å². The van der Waals surface area contributed by atoms with E-state index < -0.39 is 30.2 Å². The van der Waals surface area contributed by atoms with Crippen LogP contribution < -0.4 is 14.8 Å². The van der Waals surface area contributed by atoms with Crippen LogP contribution in [0.2, 0.25) is 0 Å². The average Bonchev–Trinajstić information content (AvgIpc) is 2.65. The molecule has 2 rings (SSSR count). The van der Waals surface area contributed by atoms with Gasteiger partial charge in [-0.25, -0.2) is 4.79 Å². The summed E-state index contributed by atoms with van der Waals surface area (Å²) in [5, 5.41) is 2.50. The Morgan fingerprint density at radius 2 is 1.67 bits per heavy atom. The number of benzene rings is 2. The van der Waals surface area contributed by atoms with Gasteiger partial charge >= 0.3 is 12.1 Å². The van der Waals surface area contributed by atoms with Gasteiger partial charge in [0.1, 0.15) is 11.5 Å². The molecule has 144 valence electrons. The molecule has 1 N–H and O–H groups in total. The van der Waals surface area contributed by atoms with Crippen LogP contribution in [0, 0.1) is 0 Å². The second-order valence-electron chi connectivity index (χ2n) is 5.27. The second kappa shape index (κ2) is 8.43. The number of amides is 1. The van der Waals surface area contributed by atoms with Crippen LogP contribution in [-0.4, -0.2) is 32.7 Å². The van der Waals surface area contributed by atoms with Crippen molar-refractivity contribution in [2.24, 2.45) is 0 Å². The third-order valence-electron chi connectivity index (χ3n) is 3.46. The van der Waals surface area contributed by atoms with Gasteiger partial charge < -0.3 is 19.5 Å². The predicted octanol–water partition coefficient (Wildman–Crippen LogP) is 3.52. The SMILES string of the molecule is COc1ccc(OC)c(NC(=O)COC(=O)c2ccc(C(F)(F)F)cc2)c1. The summed E-state index contributed by atoms with van der Waals surface area (Å²) < 4.78 is 52.5. The first-order valence-corrected chi connectivity index (χ1v) is 7.61. The highest BCUT2D eigenvalue weighted by Gasteiger charge is 2.30. The van der Waals surface area contributed by atoms with Crippen LogP contribution >= 0.6 is 0 Å². The van der Waals surface area contributed by atoms with E-state index in [2.05, 4.69) is 5.32 Å². The summed E-state index contributed by atoms with van der Waals surface area (Å²) in [7, 11) is 2.88. The number of hydrogen-bond acceptors (Lipinski definition) is 5.